The lowest BCUT2D eigenvalue weighted by atomic mass is 10.0. The summed E-state index contributed by atoms with van der Waals surface area (Å²) in [4.78, 5) is 16.4. The number of nitrogens with zero attached hydrogens (tertiary/aromatic N) is 2. The van der Waals surface area contributed by atoms with Crippen LogP contribution in [0.3, 0.4) is 0 Å². The van der Waals surface area contributed by atoms with E-state index in [0.29, 0.717) is 17.5 Å². The van der Waals surface area contributed by atoms with Crippen LogP contribution in [0.15, 0.2) is 50.1 Å². The molecule has 0 saturated heterocycles. The molecule has 7 nitrogen and oxygen atoms in total. The molecule has 22 heavy (non-hydrogen) atoms. The van der Waals surface area contributed by atoms with Gasteiger partial charge in [-0.25, -0.2) is 0 Å². The smallest absolute Gasteiger partial charge is 0.287 e. The highest BCUT2D eigenvalue weighted by molar-refractivity contribution is 5.91. The lowest BCUT2D eigenvalue weighted by Crippen LogP contribution is -2.31. The molecule has 0 aromatic carbocycles. The Morgan fingerprint density at radius 1 is 1.18 bits per heavy atom. The van der Waals surface area contributed by atoms with Gasteiger partial charge in [-0.05, 0) is 30.2 Å². The zero-order valence-corrected chi connectivity index (χ0v) is 12.1. The van der Waals surface area contributed by atoms with Gasteiger partial charge in [-0.1, -0.05) is 19.0 Å². The van der Waals surface area contributed by atoms with Crippen LogP contribution in [0.25, 0.3) is 11.6 Å². The van der Waals surface area contributed by atoms with Crippen molar-refractivity contribution < 1.29 is 18.2 Å². The van der Waals surface area contributed by atoms with Crippen LogP contribution in [0, 0.1) is 5.92 Å². The highest BCUT2D eigenvalue weighted by Crippen LogP contribution is 2.24. The van der Waals surface area contributed by atoms with Crippen molar-refractivity contribution in [3.05, 3.63) is 48.4 Å². The fourth-order valence-electron chi connectivity index (χ4n) is 2.00. The number of hydrogen-bond acceptors (Lipinski definition) is 6. The molecule has 0 fully saturated rings. The van der Waals surface area contributed by atoms with Gasteiger partial charge in [-0.3, -0.25) is 4.79 Å². The molecule has 0 aliphatic heterocycles. The summed E-state index contributed by atoms with van der Waals surface area (Å²) in [5, 5.41) is 6.71. The normalized spacial score (nSPS) is 12.5. The number of amides is 1. The molecular weight excluding hydrogens is 286 g/mol. The summed E-state index contributed by atoms with van der Waals surface area (Å²) in [6, 6.07) is 6.30. The largest absolute Gasteiger partial charge is 0.461 e. The van der Waals surface area contributed by atoms with Gasteiger partial charge in [-0.2, -0.15) is 4.98 Å². The van der Waals surface area contributed by atoms with Gasteiger partial charge in [-0.15, -0.1) is 0 Å². The standard InChI is InChI=1S/C15H15N3O4/c1-9(2)12(16-14(19)11-6-4-8-21-11)15-17-13(18-22-15)10-5-3-7-20-10/h3-9,12H,1-2H3,(H,16,19). The maximum absolute atomic E-state index is 12.1. The van der Waals surface area contributed by atoms with E-state index in [0.717, 1.165) is 0 Å². The Balaban J connectivity index is 1.81. The molecule has 7 heteroatoms. The van der Waals surface area contributed by atoms with E-state index in [9.17, 15) is 4.79 Å². The second-order valence-corrected chi connectivity index (χ2v) is 5.11. The van der Waals surface area contributed by atoms with Gasteiger partial charge < -0.3 is 18.7 Å². The van der Waals surface area contributed by atoms with Gasteiger partial charge in [0.25, 0.3) is 5.91 Å². The Labute approximate surface area is 126 Å². The molecule has 1 amide bonds. The van der Waals surface area contributed by atoms with Crippen LogP contribution in [0.1, 0.15) is 36.3 Å². The second-order valence-electron chi connectivity index (χ2n) is 5.11. The molecule has 0 aliphatic carbocycles. The molecular formula is C15H15N3O4. The van der Waals surface area contributed by atoms with Gasteiger partial charge in [0.05, 0.1) is 12.5 Å². The zero-order valence-electron chi connectivity index (χ0n) is 12.1. The molecule has 0 bridgehead atoms. The number of carbonyl (C=O) groups is 1. The van der Waals surface area contributed by atoms with Crippen molar-refractivity contribution in [2.75, 3.05) is 0 Å². The van der Waals surface area contributed by atoms with Crippen molar-refractivity contribution in [2.45, 2.75) is 19.9 Å². The van der Waals surface area contributed by atoms with E-state index in [2.05, 4.69) is 15.5 Å². The minimum Gasteiger partial charge on any atom is -0.461 e. The second kappa shape index (κ2) is 5.88. The molecule has 1 unspecified atom stereocenters. The van der Waals surface area contributed by atoms with Crippen LogP contribution in [0.2, 0.25) is 0 Å². The summed E-state index contributed by atoms with van der Waals surface area (Å²) in [6.07, 6.45) is 2.98. The summed E-state index contributed by atoms with van der Waals surface area (Å²) in [5.41, 5.74) is 0. The van der Waals surface area contributed by atoms with Crippen molar-refractivity contribution in [1.29, 1.82) is 0 Å². The molecule has 3 heterocycles. The molecule has 3 aromatic rings. The Bertz CT molecular complexity index is 729. The molecule has 0 spiro atoms. The molecule has 3 aromatic heterocycles. The fraction of sp³-hybridized carbons (Fsp3) is 0.267. The first-order valence-electron chi connectivity index (χ1n) is 6.87. The van der Waals surface area contributed by atoms with Crippen LogP contribution in [0.5, 0.6) is 0 Å². The number of rotatable bonds is 5. The first-order valence-corrected chi connectivity index (χ1v) is 6.87. The van der Waals surface area contributed by atoms with Gasteiger partial charge in [0, 0.05) is 0 Å². The SMILES string of the molecule is CC(C)C(NC(=O)c1ccco1)c1nc(-c2ccco2)no1. The van der Waals surface area contributed by atoms with Crippen molar-refractivity contribution in [1.82, 2.24) is 15.5 Å². The lowest BCUT2D eigenvalue weighted by molar-refractivity contribution is 0.0885. The van der Waals surface area contributed by atoms with Gasteiger partial charge in [0.2, 0.25) is 11.7 Å². The third-order valence-electron chi connectivity index (χ3n) is 3.15. The quantitative estimate of drug-likeness (QED) is 0.778. The lowest BCUT2D eigenvalue weighted by Gasteiger charge is -2.17. The van der Waals surface area contributed by atoms with E-state index in [1.54, 1.807) is 24.3 Å². The number of nitrogens with one attached hydrogen (secondary N) is 1. The van der Waals surface area contributed by atoms with E-state index in [-0.39, 0.29) is 17.6 Å². The minimum absolute atomic E-state index is 0.0591. The summed E-state index contributed by atoms with van der Waals surface area (Å²) in [6.45, 7) is 3.90. The van der Waals surface area contributed by atoms with E-state index in [1.807, 2.05) is 13.8 Å². The highest BCUT2D eigenvalue weighted by Gasteiger charge is 2.26. The third-order valence-corrected chi connectivity index (χ3v) is 3.15. The van der Waals surface area contributed by atoms with Crippen molar-refractivity contribution in [2.24, 2.45) is 5.92 Å². The van der Waals surface area contributed by atoms with Crippen LogP contribution in [-0.4, -0.2) is 16.0 Å². The highest BCUT2D eigenvalue weighted by atomic mass is 16.5. The van der Waals surface area contributed by atoms with Crippen molar-refractivity contribution in [3.8, 4) is 11.6 Å². The fourth-order valence-corrected chi connectivity index (χ4v) is 2.00. The first-order chi connectivity index (χ1) is 10.6. The summed E-state index contributed by atoms with van der Waals surface area (Å²) >= 11 is 0. The predicted molar refractivity (Wildman–Crippen MR) is 75.8 cm³/mol. The van der Waals surface area contributed by atoms with Crippen LogP contribution >= 0.6 is 0 Å². The van der Waals surface area contributed by atoms with Crippen LogP contribution < -0.4 is 5.32 Å². The maximum atomic E-state index is 12.1. The monoisotopic (exact) mass is 301 g/mol. The molecule has 1 atom stereocenters. The first kappa shape index (κ1) is 14.1. The summed E-state index contributed by atoms with van der Waals surface area (Å²) < 4.78 is 15.6. The van der Waals surface area contributed by atoms with Crippen molar-refractivity contribution in [3.63, 3.8) is 0 Å². The molecule has 1 N–H and O–H groups in total. The van der Waals surface area contributed by atoms with Gasteiger partial charge in [0.1, 0.15) is 6.04 Å². The van der Waals surface area contributed by atoms with E-state index in [1.165, 1.54) is 12.5 Å². The summed E-state index contributed by atoms with van der Waals surface area (Å²) in [5.74, 6) is 1.13. The summed E-state index contributed by atoms with van der Waals surface area (Å²) in [7, 11) is 0. The molecule has 3 rings (SSSR count). The topological polar surface area (TPSA) is 94.3 Å². The Hall–Kier alpha value is -2.83. The van der Waals surface area contributed by atoms with E-state index < -0.39 is 6.04 Å². The average Bonchev–Trinajstić information content (AvgIpc) is 3.25. The number of carbonyl (C=O) groups excluding carboxylic acids is 1. The van der Waals surface area contributed by atoms with Crippen LogP contribution in [-0.2, 0) is 0 Å². The Morgan fingerprint density at radius 2 is 1.95 bits per heavy atom. The van der Waals surface area contributed by atoms with E-state index >= 15 is 0 Å². The molecule has 0 saturated carbocycles. The predicted octanol–water partition coefficient (Wildman–Crippen LogP) is 3.05. The van der Waals surface area contributed by atoms with Crippen molar-refractivity contribution >= 4 is 5.91 Å². The molecule has 114 valence electrons. The van der Waals surface area contributed by atoms with E-state index in [4.69, 9.17) is 13.4 Å². The Morgan fingerprint density at radius 3 is 2.59 bits per heavy atom. The minimum atomic E-state index is -0.422. The maximum Gasteiger partial charge on any atom is 0.287 e. The van der Waals surface area contributed by atoms with Crippen LogP contribution in [0.4, 0.5) is 0 Å². The number of aromatic nitrogens is 2. The van der Waals surface area contributed by atoms with Gasteiger partial charge in [0.15, 0.2) is 11.5 Å². The molecule has 0 aliphatic rings. The Kier molecular flexibility index (Phi) is 3.78. The molecule has 0 radical (unpaired) electrons. The third kappa shape index (κ3) is 2.78. The number of hydrogen-bond donors (Lipinski definition) is 1. The average molecular weight is 301 g/mol. The number of furan rings is 2. The van der Waals surface area contributed by atoms with Gasteiger partial charge >= 0.3 is 0 Å². The zero-order chi connectivity index (χ0) is 15.5.